The molecular formula is C18H13FN2O2S. The standard InChI is InChI=1S/C18H13FN2O2S/c1-22-14-8-4-5-10-9-12-17(23-15(10)14)20-16(21-18(12)24)11-6-2-3-7-13(11)19/h2-8H,9H2,1H3,(H,20,21,24). The Balaban J connectivity index is 1.86. The van der Waals surface area contributed by atoms with Gasteiger partial charge in [-0.2, -0.15) is 0 Å². The zero-order valence-corrected chi connectivity index (χ0v) is 13.6. The van der Waals surface area contributed by atoms with Crippen LogP contribution < -0.4 is 9.47 Å². The quantitative estimate of drug-likeness (QED) is 0.540. The van der Waals surface area contributed by atoms with Crippen molar-refractivity contribution in [3.05, 3.63) is 64.0 Å². The van der Waals surface area contributed by atoms with Crippen LogP contribution in [0.5, 0.6) is 17.4 Å². The summed E-state index contributed by atoms with van der Waals surface area (Å²) in [6.45, 7) is 0. The molecule has 2 aromatic carbocycles. The maximum absolute atomic E-state index is 14.0. The summed E-state index contributed by atoms with van der Waals surface area (Å²) >= 11 is 5.40. The third-order valence-corrected chi connectivity index (χ3v) is 4.30. The Labute approximate surface area is 142 Å². The Morgan fingerprint density at radius 2 is 2.04 bits per heavy atom. The van der Waals surface area contributed by atoms with Gasteiger partial charge in [-0.1, -0.05) is 36.5 Å². The van der Waals surface area contributed by atoms with E-state index in [0.717, 1.165) is 11.1 Å². The van der Waals surface area contributed by atoms with Crippen LogP contribution in [0.3, 0.4) is 0 Å². The van der Waals surface area contributed by atoms with Gasteiger partial charge in [0.25, 0.3) is 0 Å². The summed E-state index contributed by atoms with van der Waals surface area (Å²) in [4.78, 5) is 7.40. The van der Waals surface area contributed by atoms with Crippen molar-refractivity contribution in [3.8, 4) is 28.8 Å². The number of nitrogens with zero attached hydrogens (tertiary/aromatic N) is 1. The van der Waals surface area contributed by atoms with Crippen molar-refractivity contribution in [3.63, 3.8) is 0 Å². The molecule has 0 atom stereocenters. The van der Waals surface area contributed by atoms with Gasteiger partial charge in [-0.3, -0.25) is 0 Å². The lowest BCUT2D eigenvalue weighted by Crippen LogP contribution is -2.09. The lowest BCUT2D eigenvalue weighted by Gasteiger charge is -2.22. The minimum atomic E-state index is -0.371. The molecular weight excluding hydrogens is 327 g/mol. The normalized spacial score (nSPS) is 12.1. The SMILES string of the molecule is COc1cccc2c1Oc1[nH]c(-c3ccccc3F)nc(=S)c1C2. The zero-order valence-electron chi connectivity index (χ0n) is 12.8. The van der Waals surface area contributed by atoms with E-state index in [1.807, 2.05) is 18.2 Å². The fourth-order valence-electron chi connectivity index (χ4n) is 2.77. The van der Waals surface area contributed by atoms with Gasteiger partial charge in [0.15, 0.2) is 11.5 Å². The molecule has 0 unspecified atom stereocenters. The first-order valence-electron chi connectivity index (χ1n) is 7.39. The smallest absolute Gasteiger partial charge is 0.205 e. The first kappa shape index (κ1) is 14.8. The zero-order chi connectivity index (χ0) is 16.7. The maximum Gasteiger partial charge on any atom is 0.205 e. The molecule has 0 saturated carbocycles. The summed E-state index contributed by atoms with van der Waals surface area (Å²) in [6, 6.07) is 12.1. The van der Waals surface area contributed by atoms with Gasteiger partial charge in [-0.25, -0.2) is 9.37 Å². The Bertz CT molecular complexity index is 1000. The highest BCUT2D eigenvalue weighted by atomic mass is 32.1. The number of nitrogens with one attached hydrogen (secondary N) is 1. The number of fused-ring (bicyclic) bond motifs is 2. The lowest BCUT2D eigenvalue weighted by molar-refractivity contribution is 0.365. The van der Waals surface area contributed by atoms with Gasteiger partial charge in [-0.05, 0) is 18.2 Å². The van der Waals surface area contributed by atoms with Crippen molar-refractivity contribution in [2.45, 2.75) is 6.42 Å². The Morgan fingerprint density at radius 1 is 1.21 bits per heavy atom. The van der Waals surface area contributed by atoms with Gasteiger partial charge in [-0.15, -0.1) is 0 Å². The van der Waals surface area contributed by atoms with E-state index >= 15 is 0 Å². The molecule has 1 N–H and O–H groups in total. The van der Waals surface area contributed by atoms with E-state index in [0.29, 0.717) is 39.8 Å². The summed E-state index contributed by atoms with van der Waals surface area (Å²) in [7, 11) is 1.59. The van der Waals surface area contributed by atoms with E-state index in [1.54, 1.807) is 25.3 Å². The number of benzene rings is 2. The number of methoxy groups -OCH3 is 1. The highest BCUT2D eigenvalue weighted by Crippen LogP contribution is 2.42. The van der Waals surface area contributed by atoms with Crippen LogP contribution in [-0.4, -0.2) is 17.1 Å². The third kappa shape index (κ3) is 2.35. The van der Waals surface area contributed by atoms with E-state index in [2.05, 4.69) is 9.97 Å². The number of para-hydroxylation sites is 1. The van der Waals surface area contributed by atoms with Crippen LogP contribution in [-0.2, 0) is 6.42 Å². The topological polar surface area (TPSA) is 47.1 Å². The Kier molecular flexibility index (Phi) is 3.54. The molecule has 2 heterocycles. The van der Waals surface area contributed by atoms with Crippen molar-refractivity contribution in [2.24, 2.45) is 0 Å². The van der Waals surface area contributed by atoms with Gasteiger partial charge in [0.05, 0.1) is 18.2 Å². The molecule has 3 aromatic rings. The highest BCUT2D eigenvalue weighted by Gasteiger charge is 2.23. The molecule has 0 amide bonds. The molecule has 24 heavy (non-hydrogen) atoms. The van der Waals surface area contributed by atoms with Crippen LogP contribution in [0.4, 0.5) is 4.39 Å². The highest BCUT2D eigenvalue weighted by molar-refractivity contribution is 7.71. The predicted molar refractivity (Wildman–Crippen MR) is 90.7 cm³/mol. The fraction of sp³-hybridized carbons (Fsp3) is 0.111. The number of aromatic nitrogens is 2. The first-order chi connectivity index (χ1) is 11.7. The number of rotatable bonds is 2. The molecule has 0 spiro atoms. The minimum Gasteiger partial charge on any atom is -0.493 e. The summed E-state index contributed by atoms with van der Waals surface area (Å²) < 4.78 is 25.8. The summed E-state index contributed by atoms with van der Waals surface area (Å²) in [5.41, 5.74) is 2.11. The molecule has 4 nitrogen and oxygen atoms in total. The molecule has 120 valence electrons. The molecule has 1 aromatic heterocycles. The van der Waals surface area contributed by atoms with Gasteiger partial charge >= 0.3 is 0 Å². The van der Waals surface area contributed by atoms with Crippen LogP contribution in [0.25, 0.3) is 11.4 Å². The van der Waals surface area contributed by atoms with Gasteiger partial charge in [0.2, 0.25) is 5.88 Å². The second-order valence-corrected chi connectivity index (χ2v) is 5.79. The summed E-state index contributed by atoms with van der Waals surface area (Å²) in [5, 5.41) is 0. The van der Waals surface area contributed by atoms with E-state index < -0.39 is 0 Å². The van der Waals surface area contributed by atoms with Crippen molar-refractivity contribution >= 4 is 12.2 Å². The van der Waals surface area contributed by atoms with Gasteiger partial charge < -0.3 is 14.5 Å². The van der Waals surface area contributed by atoms with Crippen molar-refractivity contribution < 1.29 is 13.9 Å². The Morgan fingerprint density at radius 3 is 2.83 bits per heavy atom. The largest absolute Gasteiger partial charge is 0.493 e. The lowest BCUT2D eigenvalue weighted by atomic mass is 10.0. The molecule has 6 heteroatoms. The molecule has 0 aliphatic carbocycles. The van der Waals surface area contributed by atoms with Crippen molar-refractivity contribution in [1.82, 2.24) is 9.97 Å². The summed E-state index contributed by atoms with van der Waals surface area (Å²) in [6.07, 6.45) is 0.585. The molecule has 4 rings (SSSR count). The van der Waals surface area contributed by atoms with Crippen molar-refractivity contribution in [2.75, 3.05) is 7.11 Å². The third-order valence-electron chi connectivity index (χ3n) is 3.96. The monoisotopic (exact) mass is 340 g/mol. The number of H-pyrrole nitrogens is 1. The van der Waals surface area contributed by atoms with Crippen molar-refractivity contribution in [1.29, 1.82) is 0 Å². The van der Waals surface area contributed by atoms with E-state index in [-0.39, 0.29) is 5.82 Å². The molecule has 1 aliphatic rings. The first-order valence-corrected chi connectivity index (χ1v) is 7.80. The second-order valence-electron chi connectivity index (χ2n) is 5.41. The number of aromatic amines is 1. The molecule has 0 saturated heterocycles. The van der Waals surface area contributed by atoms with E-state index in [9.17, 15) is 4.39 Å². The number of hydrogen-bond acceptors (Lipinski definition) is 4. The molecule has 0 bridgehead atoms. The predicted octanol–water partition coefficient (Wildman–Crippen LogP) is 4.65. The van der Waals surface area contributed by atoms with Crippen LogP contribution in [0, 0.1) is 10.5 Å². The van der Waals surface area contributed by atoms with Crippen LogP contribution in [0.15, 0.2) is 42.5 Å². The van der Waals surface area contributed by atoms with Gasteiger partial charge in [0, 0.05) is 12.0 Å². The van der Waals surface area contributed by atoms with Crippen LogP contribution in [0.2, 0.25) is 0 Å². The summed E-state index contributed by atoms with van der Waals surface area (Å²) in [5.74, 6) is 1.73. The Hall–Kier alpha value is -2.73. The minimum absolute atomic E-state index is 0.343. The van der Waals surface area contributed by atoms with E-state index in [4.69, 9.17) is 21.7 Å². The number of ether oxygens (including phenoxy) is 2. The number of hydrogen-bond donors (Lipinski definition) is 1. The second kappa shape index (κ2) is 5.72. The average molecular weight is 340 g/mol. The van der Waals surface area contributed by atoms with Crippen LogP contribution >= 0.6 is 12.2 Å². The van der Waals surface area contributed by atoms with Gasteiger partial charge in [0.1, 0.15) is 16.3 Å². The number of halogens is 1. The van der Waals surface area contributed by atoms with E-state index in [1.165, 1.54) is 6.07 Å². The molecule has 0 radical (unpaired) electrons. The molecule has 0 fully saturated rings. The fourth-order valence-corrected chi connectivity index (χ4v) is 3.03. The average Bonchev–Trinajstić information content (AvgIpc) is 2.60. The van der Waals surface area contributed by atoms with Crippen LogP contribution in [0.1, 0.15) is 11.1 Å². The maximum atomic E-state index is 14.0. The molecule has 1 aliphatic heterocycles.